The number of carbonyl (C=O) groups is 2. The number of hydrogen-bond donors (Lipinski definition) is 3. The number of halogens is 1. The van der Waals surface area contributed by atoms with Crippen LogP contribution < -0.4 is 19.9 Å². The van der Waals surface area contributed by atoms with Gasteiger partial charge in [-0.05, 0) is 30.3 Å². The summed E-state index contributed by atoms with van der Waals surface area (Å²) in [6.07, 6.45) is 0. The van der Waals surface area contributed by atoms with Crippen LogP contribution in [0.1, 0.15) is 5.56 Å². The standard InChI is InChI=1S/C23H29FN4O3/c1-26(15-18-5-3-4-6-21(18)31-2)23(30)17-28-13-11-27(12-14-28)16-22(29)25-20-9-7-19(24)8-10-20/h3-10H,11-17H2,1-2H3,(H,25,29)/p+2. The van der Waals surface area contributed by atoms with Gasteiger partial charge in [0.1, 0.15) is 37.7 Å². The highest BCUT2D eigenvalue weighted by atomic mass is 19.1. The molecule has 166 valence electrons. The first kappa shape index (κ1) is 22.7. The Kier molecular flexibility index (Phi) is 7.97. The molecule has 2 aromatic carbocycles. The second-order valence-electron chi connectivity index (χ2n) is 7.97. The summed E-state index contributed by atoms with van der Waals surface area (Å²) in [6.45, 7) is 4.66. The molecule has 0 aliphatic carbocycles. The number of amides is 2. The van der Waals surface area contributed by atoms with E-state index in [2.05, 4.69) is 5.32 Å². The first-order valence-electron chi connectivity index (χ1n) is 10.5. The number of benzene rings is 2. The summed E-state index contributed by atoms with van der Waals surface area (Å²) in [5, 5.41) is 2.80. The third kappa shape index (κ3) is 6.77. The molecular weight excluding hydrogens is 399 g/mol. The van der Waals surface area contributed by atoms with Gasteiger partial charge in [-0.1, -0.05) is 18.2 Å². The van der Waals surface area contributed by atoms with Gasteiger partial charge in [0, 0.05) is 24.8 Å². The van der Waals surface area contributed by atoms with E-state index >= 15 is 0 Å². The molecule has 3 rings (SSSR count). The highest BCUT2D eigenvalue weighted by molar-refractivity contribution is 5.91. The average molecular weight is 431 g/mol. The van der Waals surface area contributed by atoms with Crippen LogP contribution in [-0.4, -0.2) is 70.1 Å². The summed E-state index contributed by atoms with van der Waals surface area (Å²) in [7, 11) is 3.45. The van der Waals surface area contributed by atoms with Crippen molar-refractivity contribution >= 4 is 17.5 Å². The van der Waals surface area contributed by atoms with E-state index in [9.17, 15) is 14.0 Å². The Hall–Kier alpha value is -2.97. The Bertz CT molecular complexity index is 883. The fourth-order valence-corrected chi connectivity index (χ4v) is 3.80. The van der Waals surface area contributed by atoms with E-state index in [4.69, 9.17) is 4.74 Å². The Morgan fingerprint density at radius 2 is 1.61 bits per heavy atom. The van der Waals surface area contributed by atoms with Crippen LogP contribution in [0, 0.1) is 5.82 Å². The van der Waals surface area contributed by atoms with Gasteiger partial charge >= 0.3 is 0 Å². The number of ether oxygens (including phenoxy) is 1. The SMILES string of the molecule is COc1ccccc1CN(C)C(=O)C[NH+]1CC[NH+](CC(=O)Nc2ccc(F)cc2)CC1. The number of quaternary nitrogens is 2. The van der Waals surface area contributed by atoms with Crippen molar-refractivity contribution in [1.82, 2.24) is 4.90 Å². The van der Waals surface area contributed by atoms with Gasteiger partial charge in [-0.2, -0.15) is 0 Å². The monoisotopic (exact) mass is 430 g/mol. The van der Waals surface area contributed by atoms with E-state index in [0.717, 1.165) is 37.5 Å². The molecule has 1 fully saturated rings. The lowest BCUT2D eigenvalue weighted by Crippen LogP contribution is -3.28. The van der Waals surface area contributed by atoms with E-state index in [1.54, 1.807) is 24.1 Å². The summed E-state index contributed by atoms with van der Waals surface area (Å²) < 4.78 is 18.3. The third-order valence-electron chi connectivity index (χ3n) is 5.63. The highest BCUT2D eigenvalue weighted by Crippen LogP contribution is 2.18. The first-order chi connectivity index (χ1) is 14.9. The number of hydrogen-bond acceptors (Lipinski definition) is 3. The predicted octanol–water partition coefficient (Wildman–Crippen LogP) is -0.785. The number of rotatable bonds is 8. The molecular formula is C23H31FN4O3+2. The number of carbonyl (C=O) groups excluding carboxylic acids is 2. The minimum Gasteiger partial charge on any atom is -0.496 e. The average Bonchev–Trinajstić information content (AvgIpc) is 2.77. The molecule has 31 heavy (non-hydrogen) atoms. The van der Waals surface area contributed by atoms with Crippen molar-refractivity contribution in [2.24, 2.45) is 0 Å². The molecule has 1 aliphatic rings. The largest absolute Gasteiger partial charge is 0.496 e. The molecule has 1 saturated heterocycles. The molecule has 0 unspecified atom stereocenters. The maximum Gasteiger partial charge on any atom is 0.279 e. The highest BCUT2D eigenvalue weighted by Gasteiger charge is 2.27. The molecule has 2 aromatic rings. The van der Waals surface area contributed by atoms with Crippen LogP contribution in [0.2, 0.25) is 0 Å². The fourth-order valence-electron chi connectivity index (χ4n) is 3.80. The molecule has 0 aromatic heterocycles. The summed E-state index contributed by atoms with van der Waals surface area (Å²) in [4.78, 5) is 29.1. The van der Waals surface area contributed by atoms with Crippen molar-refractivity contribution in [3.05, 3.63) is 59.9 Å². The third-order valence-corrected chi connectivity index (χ3v) is 5.63. The van der Waals surface area contributed by atoms with Gasteiger partial charge in [0.2, 0.25) is 0 Å². The van der Waals surface area contributed by atoms with Crippen molar-refractivity contribution in [3.63, 3.8) is 0 Å². The molecule has 0 saturated carbocycles. The maximum absolute atomic E-state index is 13.0. The molecule has 0 radical (unpaired) electrons. The van der Waals surface area contributed by atoms with Crippen molar-refractivity contribution in [2.75, 3.05) is 58.7 Å². The first-order valence-corrected chi connectivity index (χ1v) is 10.5. The molecule has 1 aliphatic heterocycles. The fraction of sp³-hybridized carbons (Fsp3) is 0.391. The van der Waals surface area contributed by atoms with Gasteiger partial charge in [0.25, 0.3) is 11.8 Å². The van der Waals surface area contributed by atoms with Crippen LogP contribution in [0.3, 0.4) is 0 Å². The molecule has 0 bridgehead atoms. The number of likely N-dealkylation sites (N-methyl/N-ethyl adjacent to an activating group) is 1. The van der Waals surface area contributed by atoms with Crippen LogP contribution in [0.4, 0.5) is 10.1 Å². The maximum atomic E-state index is 13.0. The minimum absolute atomic E-state index is 0.0855. The van der Waals surface area contributed by atoms with E-state index in [1.165, 1.54) is 21.9 Å². The van der Waals surface area contributed by atoms with Crippen LogP contribution in [0.15, 0.2) is 48.5 Å². The van der Waals surface area contributed by atoms with E-state index in [-0.39, 0.29) is 17.6 Å². The van der Waals surface area contributed by atoms with Crippen LogP contribution in [0.5, 0.6) is 5.75 Å². The lowest BCUT2D eigenvalue weighted by molar-refractivity contribution is -1.00. The van der Waals surface area contributed by atoms with Gasteiger partial charge in [0.15, 0.2) is 13.1 Å². The number of piperazine rings is 1. The molecule has 0 spiro atoms. The van der Waals surface area contributed by atoms with Gasteiger partial charge < -0.3 is 24.8 Å². The van der Waals surface area contributed by atoms with Crippen molar-refractivity contribution in [1.29, 1.82) is 0 Å². The molecule has 8 heteroatoms. The van der Waals surface area contributed by atoms with Gasteiger partial charge in [-0.15, -0.1) is 0 Å². The number of para-hydroxylation sites is 1. The van der Waals surface area contributed by atoms with Crippen molar-refractivity contribution in [2.45, 2.75) is 6.54 Å². The zero-order valence-corrected chi connectivity index (χ0v) is 18.1. The van der Waals surface area contributed by atoms with E-state index in [1.807, 2.05) is 31.3 Å². The number of anilines is 1. The van der Waals surface area contributed by atoms with Gasteiger partial charge in [0.05, 0.1) is 7.11 Å². The topological polar surface area (TPSA) is 67.5 Å². The van der Waals surface area contributed by atoms with Crippen molar-refractivity contribution in [3.8, 4) is 5.75 Å². The second-order valence-corrected chi connectivity index (χ2v) is 7.97. The minimum atomic E-state index is -0.328. The normalized spacial score (nSPS) is 18.3. The van der Waals surface area contributed by atoms with E-state index < -0.39 is 0 Å². The number of nitrogens with one attached hydrogen (secondary N) is 3. The lowest BCUT2D eigenvalue weighted by atomic mass is 10.2. The zero-order chi connectivity index (χ0) is 22.2. The zero-order valence-electron chi connectivity index (χ0n) is 18.1. The quantitative estimate of drug-likeness (QED) is 0.515. The molecule has 1 heterocycles. The second kappa shape index (κ2) is 10.9. The smallest absolute Gasteiger partial charge is 0.279 e. The lowest BCUT2D eigenvalue weighted by Gasteiger charge is -2.30. The number of methoxy groups -OCH3 is 1. The van der Waals surface area contributed by atoms with Crippen LogP contribution in [-0.2, 0) is 16.1 Å². The molecule has 0 atom stereocenters. The Morgan fingerprint density at radius 1 is 1.00 bits per heavy atom. The summed E-state index contributed by atoms with van der Waals surface area (Å²) in [5.41, 5.74) is 1.58. The predicted molar refractivity (Wildman–Crippen MR) is 116 cm³/mol. The molecule has 7 nitrogen and oxygen atoms in total. The summed E-state index contributed by atoms with van der Waals surface area (Å²) >= 11 is 0. The van der Waals surface area contributed by atoms with Crippen molar-refractivity contribution < 1.29 is 28.5 Å². The Labute approximate surface area is 182 Å². The van der Waals surface area contributed by atoms with E-state index in [0.29, 0.717) is 25.3 Å². The van der Waals surface area contributed by atoms with Gasteiger partial charge in [-0.25, -0.2) is 4.39 Å². The molecule has 3 N–H and O–H groups in total. The summed E-state index contributed by atoms with van der Waals surface area (Å²) in [5.74, 6) is 0.465. The Morgan fingerprint density at radius 3 is 2.26 bits per heavy atom. The molecule has 2 amide bonds. The van der Waals surface area contributed by atoms with Crippen LogP contribution in [0.25, 0.3) is 0 Å². The summed E-state index contributed by atoms with van der Waals surface area (Å²) in [6, 6.07) is 13.5. The Balaban J connectivity index is 1.40. The van der Waals surface area contributed by atoms with Gasteiger partial charge in [-0.3, -0.25) is 9.59 Å². The van der Waals surface area contributed by atoms with Crippen LogP contribution >= 0.6 is 0 Å². The number of nitrogens with zero attached hydrogens (tertiary/aromatic N) is 1.